The maximum atomic E-state index is 12.6. The Morgan fingerprint density at radius 2 is 1.93 bits per heavy atom. The van der Waals surface area contributed by atoms with Gasteiger partial charge in [0, 0.05) is 11.6 Å². The van der Waals surface area contributed by atoms with E-state index in [-0.39, 0.29) is 16.5 Å². The SMILES string of the molecule is COc1ccc(S(=O)(=O)Nc2ccc(Oc3cccc(C(N)=O)c3)nc2)cc1Br. The van der Waals surface area contributed by atoms with Gasteiger partial charge >= 0.3 is 0 Å². The first-order valence-corrected chi connectivity index (χ1v) is 10.5. The third-order valence-electron chi connectivity index (χ3n) is 3.76. The fourth-order valence-electron chi connectivity index (χ4n) is 2.36. The molecule has 0 saturated carbocycles. The van der Waals surface area contributed by atoms with Crippen molar-refractivity contribution in [1.82, 2.24) is 4.98 Å². The minimum absolute atomic E-state index is 0.0637. The molecule has 8 nitrogen and oxygen atoms in total. The number of nitrogens with two attached hydrogens (primary N) is 1. The fourth-order valence-corrected chi connectivity index (χ4v) is 4.12. The van der Waals surface area contributed by atoms with Crippen LogP contribution >= 0.6 is 15.9 Å². The van der Waals surface area contributed by atoms with Crippen molar-refractivity contribution in [3.63, 3.8) is 0 Å². The van der Waals surface area contributed by atoms with Gasteiger partial charge < -0.3 is 15.2 Å². The molecule has 3 rings (SSSR count). The van der Waals surface area contributed by atoms with Crippen molar-refractivity contribution in [2.75, 3.05) is 11.8 Å². The van der Waals surface area contributed by atoms with Crippen molar-refractivity contribution >= 4 is 37.5 Å². The molecule has 0 atom stereocenters. The van der Waals surface area contributed by atoms with Gasteiger partial charge in [-0.2, -0.15) is 0 Å². The summed E-state index contributed by atoms with van der Waals surface area (Å²) >= 11 is 3.27. The second-order valence-electron chi connectivity index (χ2n) is 5.78. The number of aromatic nitrogens is 1. The molecular formula is C19H16BrN3O5S. The molecule has 0 aliphatic carbocycles. The standard InChI is InChI=1S/C19H16BrN3O5S/c1-27-17-7-6-15(10-16(17)20)29(25,26)23-13-5-8-18(22-11-13)28-14-4-2-3-12(9-14)19(21)24/h2-11,23H,1H3,(H2,21,24). The van der Waals surface area contributed by atoms with Crippen LogP contribution in [0, 0.1) is 0 Å². The number of hydrogen-bond donors (Lipinski definition) is 2. The lowest BCUT2D eigenvalue weighted by Gasteiger charge is -2.10. The van der Waals surface area contributed by atoms with Gasteiger partial charge in [-0.25, -0.2) is 13.4 Å². The van der Waals surface area contributed by atoms with Crippen LogP contribution in [0.3, 0.4) is 0 Å². The maximum absolute atomic E-state index is 12.6. The van der Waals surface area contributed by atoms with E-state index in [0.29, 0.717) is 21.5 Å². The van der Waals surface area contributed by atoms with Crippen molar-refractivity contribution in [3.8, 4) is 17.4 Å². The first kappa shape index (κ1) is 20.6. The van der Waals surface area contributed by atoms with Gasteiger partial charge in [0.15, 0.2) is 0 Å². The molecule has 1 amide bonds. The molecule has 0 fully saturated rings. The van der Waals surface area contributed by atoms with Crippen molar-refractivity contribution in [3.05, 3.63) is 70.8 Å². The molecule has 0 aliphatic rings. The van der Waals surface area contributed by atoms with E-state index >= 15 is 0 Å². The van der Waals surface area contributed by atoms with Gasteiger partial charge in [0.05, 0.1) is 28.4 Å². The van der Waals surface area contributed by atoms with Gasteiger partial charge in [0.25, 0.3) is 10.0 Å². The average molecular weight is 478 g/mol. The van der Waals surface area contributed by atoms with Crippen LogP contribution in [-0.4, -0.2) is 26.4 Å². The number of methoxy groups -OCH3 is 1. The molecule has 0 bridgehead atoms. The smallest absolute Gasteiger partial charge is 0.261 e. The Morgan fingerprint density at radius 1 is 1.14 bits per heavy atom. The van der Waals surface area contributed by atoms with E-state index in [1.54, 1.807) is 24.3 Å². The Bertz CT molecular complexity index is 1150. The number of halogens is 1. The highest BCUT2D eigenvalue weighted by atomic mass is 79.9. The quantitative estimate of drug-likeness (QED) is 0.536. The lowest BCUT2D eigenvalue weighted by molar-refractivity contribution is 0.1000. The van der Waals surface area contributed by atoms with Gasteiger partial charge in [0.2, 0.25) is 11.8 Å². The van der Waals surface area contributed by atoms with E-state index in [2.05, 4.69) is 25.6 Å². The molecule has 0 spiro atoms. The number of nitrogens with zero attached hydrogens (tertiary/aromatic N) is 1. The number of primary amides is 1. The van der Waals surface area contributed by atoms with Crippen LogP contribution in [0.2, 0.25) is 0 Å². The zero-order valence-electron chi connectivity index (χ0n) is 15.1. The molecule has 10 heteroatoms. The van der Waals surface area contributed by atoms with E-state index in [1.165, 1.54) is 43.6 Å². The molecule has 1 aromatic heterocycles. The minimum Gasteiger partial charge on any atom is -0.496 e. The number of pyridine rings is 1. The van der Waals surface area contributed by atoms with Crippen molar-refractivity contribution in [2.24, 2.45) is 5.73 Å². The van der Waals surface area contributed by atoms with Crippen LogP contribution < -0.4 is 19.9 Å². The molecule has 3 N–H and O–H groups in total. The number of anilines is 1. The molecule has 29 heavy (non-hydrogen) atoms. The molecule has 0 saturated heterocycles. The van der Waals surface area contributed by atoms with Gasteiger partial charge in [-0.15, -0.1) is 0 Å². The van der Waals surface area contributed by atoms with Crippen LogP contribution in [0.5, 0.6) is 17.4 Å². The van der Waals surface area contributed by atoms with Crippen LogP contribution in [0.4, 0.5) is 5.69 Å². The lowest BCUT2D eigenvalue weighted by Crippen LogP contribution is -2.13. The van der Waals surface area contributed by atoms with Gasteiger partial charge in [-0.3, -0.25) is 9.52 Å². The first-order chi connectivity index (χ1) is 13.8. The third kappa shape index (κ3) is 5.04. The first-order valence-electron chi connectivity index (χ1n) is 8.18. The Morgan fingerprint density at radius 3 is 2.55 bits per heavy atom. The van der Waals surface area contributed by atoms with Crippen LogP contribution in [0.15, 0.2) is 70.2 Å². The van der Waals surface area contributed by atoms with E-state index in [4.69, 9.17) is 15.2 Å². The number of hydrogen-bond acceptors (Lipinski definition) is 6. The number of benzene rings is 2. The monoisotopic (exact) mass is 477 g/mol. The third-order valence-corrected chi connectivity index (χ3v) is 5.76. The lowest BCUT2D eigenvalue weighted by atomic mass is 10.2. The maximum Gasteiger partial charge on any atom is 0.261 e. The highest BCUT2D eigenvalue weighted by Gasteiger charge is 2.16. The normalized spacial score (nSPS) is 11.0. The minimum atomic E-state index is -3.82. The number of rotatable bonds is 7. The molecular weight excluding hydrogens is 462 g/mol. The molecule has 3 aromatic rings. The van der Waals surface area contributed by atoms with Crippen LogP contribution in [0.1, 0.15) is 10.4 Å². The average Bonchev–Trinajstić information content (AvgIpc) is 2.69. The number of carbonyl (C=O) groups excluding carboxylic acids is 1. The predicted molar refractivity (Wildman–Crippen MR) is 111 cm³/mol. The summed E-state index contributed by atoms with van der Waals surface area (Å²) in [4.78, 5) is 15.4. The summed E-state index contributed by atoms with van der Waals surface area (Å²) < 4.78 is 38.7. The Hall–Kier alpha value is -3.11. The van der Waals surface area contributed by atoms with Crippen LogP contribution in [-0.2, 0) is 10.0 Å². The summed E-state index contributed by atoms with van der Waals surface area (Å²) in [6.07, 6.45) is 1.32. The summed E-state index contributed by atoms with van der Waals surface area (Å²) in [5, 5.41) is 0. The predicted octanol–water partition coefficient (Wildman–Crippen LogP) is 3.54. The zero-order valence-corrected chi connectivity index (χ0v) is 17.5. The largest absolute Gasteiger partial charge is 0.496 e. The molecule has 0 aliphatic heterocycles. The number of sulfonamides is 1. The summed E-state index contributed by atoms with van der Waals surface area (Å²) in [7, 11) is -2.32. The Kier molecular flexibility index (Phi) is 6.04. The van der Waals surface area contributed by atoms with Crippen molar-refractivity contribution in [2.45, 2.75) is 4.90 Å². The van der Waals surface area contributed by atoms with Crippen molar-refractivity contribution < 1.29 is 22.7 Å². The zero-order chi connectivity index (χ0) is 21.0. The van der Waals surface area contributed by atoms with Gasteiger partial charge in [-0.1, -0.05) is 6.07 Å². The van der Waals surface area contributed by atoms with Crippen molar-refractivity contribution in [1.29, 1.82) is 0 Å². The van der Waals surface area contributed by atoms with Crippen LogP contribution in [0.25, 0.3) is 0 Å². The number of amides is 1. The van der Waals surface area contributed by atoms with E-state index in [9.17, 15) is 13.2 Å². The van der Waals surface area contributed by atoms with E-state index < -0.39 is 15.9 Å². The molecule has 1 heterocycles. The molecule has 0 radical (unpaired) electrons. The van der Waals surface area contributed by atoms with Gasteiger partial charge in [-0.05, 0) is 58.4 Å². The Balaban J connectivity index is 1.74. The summed E-state index contributed by atoms with van der Waals surface area (Å²) in [6, 6.07) is 13.8. The second-order valence-corrected chi connectivity index (χ2v) is 8.32. The second kappa shape index (κ2) is 8.50. The highest BCUT2D eigenvalue weighted by molar-refractivity contribution is 9.10. The molecule has 0 unspecified atom stereocenters. The summed E-state index contributed by atoms with van der Waals surface area (Å²) in [5.41, 5.74) is 5.81. The topological polar surface area (TPSA) is 121 Å². The number of ether oxygens (including phenoxy) is 2. The molecule has 150 valence electrons. The highest BCUT2D eigenvalue weighted by Crippen LogP contribution is 2.28. The summed E-state index contributed by atoms with van der Waals surface area (Å²) in [6.45, 7) is 0. The summed E-state index contributed by atoms with van der Waals surface area (Å²) in [5.74, 6) is 0.554. The van der Waals surface area contributed by atoms with E-state index in [1.807, 2.05) is 0 Å². The van der Waals surface area contributed by atoms with Gasteiger partial charge in [0.1, 0.15) is 11.5 Å². The number of carbonyl (C=O) groups is 1. The molecule has 2 aromatic carbocycles. The Labute approximate surface area is 175 Å². The number of nitrogens with one attached hydrogen (secondary N) is 1. The fraction of sp³-hybridized carbons (Fsp3) is 0.0526. The van der Waals surface area contributed by atoms with E-state index in [0.717, 1.165) is 0 Å².